The van der Waals surface area contributed by atoms with Crippen LogP contribution in [0.1, 0.15) is 34.8 Å². The van der Waals surface area contributed by atoms with E-state index >= 15 is 0 Å². The van der Waals surface area contributed by atoms with Crippen molar-refractivity contribution in [2.75, 3.05) is 0 Å². The van der Waals surface area contributed by atoms with Crippen LogP contribution < -0.4 is 10.1 Å². The van der Waals surface area contributed by atoms with Crippen molar-refractivity contribution in [2.45, 2.75) is 19.6 Å². The van der Waals surface area contributed by atoms with Crippen molar-refractivity contribution in [1.29, 1.82) is 0 Å². The van der Waals surface area contributed by atoms with E-state index in [1.54, 1.807) is 18.2 Å². The number of benzene rings is 2. The van der Waals surface area contributed by atoms with Gasteiger partial charge in [0, 0.05) is 23.3 Å². The molecule has 0 fully saturated rings. The Morgan fingerprint density at radius 3 is 2.84 bits per heavy atom. The number of imidazole rings is 1. The number of amides is 1. The largest absolute Gasteiger partial charge is 0.487 e. The highest BCUT2D eigenvalue weighted by atomic mass is 16.5. The first-order valence-electron chi connectivity index (χ1n) is 10.1. The number of para-hydroxylation sites is 1. The standard InChI is InChI=1S/C25H21N3O3/c1-17(23-14-18-7-2-3-10-22(18)31-23)26-25(29)19-8-6-9-21(13-19)30-16-20-15-28-12-5-4-11-24(28)27-20/h2-15,17H,16H2,1H3,(H,26,29). The highest BCUT2D eigenvalue weighted by molar-refractivity contribution is 5.94. The number of hydrogen-bond acceptors (Lipinski definition) is 4. The van der Waals surface area contributed by atoms with Crippen LogP contribution in [0, 0.1) is 0 Å². The smallest absolute Gasteiger partial charge is 0.251 e. The van der Waals surface area contributed by atoms with Gasteiger partial charge in [-0.1, -0.05) is 30.3 Å². The summed E-state index contributed by atoms with van der Waals surface area (Å²) in [5, 5.41) is 4.00. The molecule has 0 saturated carbocycles. The number of rotatable bonds is 6. The average Bonchev–Trinajstić information content (AvgIpc) is 3.41. The van der Waals surface area contributed by atoms with Crippen LogP contribution in [-0.2, 0) is 6.61 Å². The van der Waals surface area contributed by atoms with Crippen LogP contribution in [0.4, 0.5) is 0 Å². The van der Waals surface area contributed by atoms with Crippen molar-refractivity contribution in [3.63, 3.8) is 0 Å². The lowest BCUT2D eigenvalue weighted by atomic mass is 10.1. The molecule has 0 radical (unpaired) electrons. The number of carbonyl (C=O) groups is 1. The Balaban J connectivity index is 1.25. The number of pyridine rings is 1. The zero-order valence-electron chi connectivity index (χ0n) is 17.0. The first kappa shape index (κ1) is 18.9. The van der Waals surface area contributed by atoms with Gasteiger partial charge < -0.3 is 18.9 Å². The van der Waals surface area contributed by atoms with Gasteiger partial charge >= 0.3 is 0 Å². The SMILES string of the molecule is CC(NC(=O)c1cccc(OCc2cn3ccccc3n2)c1)c1cc2ccccc2o1. The number of furan rings is 1. The maximum atomic E-state index is 12.8. The fourth-order valence-electron chi connectivity index (χ4n) is 3.51. The molecule has 3 heterocycles. The predicted molar refractivity (Wildman–Crippen MR) is 118 cm³/mol. The van der Waals surface area contributed by atoms with Gasteiger partial charge in [-0.2, -0.15) is 0 Å². The lowest BCUT2D eigenvalue weighted by Gasteiger charge is -2.12. The Morgan fingerprint density at radius 1 is 1.10 bits per heavy atom. The topological polar surface area (TPSA) is 68.8 Å². The van der Waals surface area contributed by atoms with E-state index in [1.807, 2.05) is 78.3 Å². The van der Waals surface area contributed by atoms with Crippen LogP contribution >= 0.6 is 0 Å². The summed E-state index contributed by atoms with van der Waals surface area (Å²) >= 11 is 0. The molecule has 3 aromatic heterocycles. The normalized spacial score (nSPS) is 12.2. The van der Waals surface area contributed by atoms with Crippen molar-refractivity contribution in [1.82, 2.24) is 14.7 Å². The van der Waals surface area contributed by atoms with Gasteiger partial charge in [-0.3, -0.25) is 4.79 Å². The second kappa shape index (κ2) is 7.99. The van der Waals surface area contributed by atoms with Gasteiger partial charge in [0.1, 0.15) is 29.3 Å². The van der Waals surface area contributed by atoms with Crippen LogP contribution in [0.2, 0.25) is 0 Å². The van der Waals surface area contributed by atoms with E-state index in [2.05, 4.69) is 10.3 Å². The van der Waals surface area contributed by atoms with Gasteiger partial charge in [0.2, 0.25) is 0 Å². The Hall–Kier alpha value is -4.06. The summed E-state index contributed by atoms with van der Waals surface area (Å²) in [7, 11) is 0. The molecule has 1 amide bonds. The first-order chi connectivity index (χ1) is 15.2. The third-order valence-electron chi connectivity index (χ3n) is 5.12. The lowest BCUT2D eigenvalue weighted by molar-refractivity contribution is 0.0935. The summed E-state index contributed by atoms with van der Waals surface area (Å²) in [6.45, 7) is 2.22. The molecule has 5 rings (SSSR count). The van der Waals surface area contributed by atoms with Gasteiger partial charge in [0.05, 0.1) is 11.7 Å². The van der Waals surface area contributed by atoms with Crippen LogP contribution in [0.5, 0.6) is 5.75 Å². The number of nitrogens with zero attached hydrogens (tertiary/aromatic N) is 2. The molecule has 1 unspecified atom stereocenters. The van der Waals surface area contributed by atoms with Crippen molar-refractivity contribution >= 4 is 22.5 Å². The molecule has 6 heteroatoms. The quantitative estimate of drug-likeness (QED) is 0.420. The van der Waals surface area contributed by atoms with Gasteiger partial charge in [0.15, 0.2) is 0 Å². The maximum absolute atomic E-state index is 12.8. The minimum absolute atomic E-state index is 0.189. The van der Waals surface area contributed by atoms with Crippen molar-refractivity contribution in [3.05, 3.63) is 102 Å². The molecule has 2 aromatic carbocycles. The zero-order valence-corrected chi connectivity index (χ0v) is 17.0. The summed E-state index contributed by atoms with van der Waals surface area (Å²) in [5.74, 6) is 1.14. The number of hydrogen-bond donors (Lipinski definition) is 1. The molecular weight excluding hydrogens is 390 g/mol. The molecule has 154 valence electrons. The van der Waals surface area contributed by atoms with E-state index in [0.29, 0.717) is 23.7 Å². The molecule has 0 aliphatic heterocycles. The van der Waals surface area contributed by atoms with E-state index in [1.165, 1.54) is 0 Å². The van der Waals surface area contributed by atoms with Crippen LogP contribution in [-0.4, -0.2) is 15.3 Å². The van der Waals surface area contributed by atoms with Crippen LogP contribution in [0.15, 0.2) is 89.6 Å². The third kappa shape index (κ3) is 4.00. The highest BCUT2D eigenvalue weighted by Crippen LogP contribution is 2.24. The van der Waals surface area contributed by atoms with Gasteiger partial charge in [0.25, 0.3) is 5.91 Å². The fourth-order valence-corrected chi connectivity index (χ4v) is 3.51. The summed E-state index contributed by atoms with van der Waals surface area (Å²) in [6.07, 6.45) is 3.88. The molecule has 0 bridgehead atoms. The average molecular weight is 411 g/mol. The molecule has 0 spiro atoms. The number of aromatic nitrogens is 2. The molecule has 0 saturated heterocycles. The van der Waals surface area contributed by atoms with E-state index in [9.17, 15) is 4.79 Å². The highest BCUT2D eigenvalue weighted by Gasteiger charge is 2.16. The monoisotopic (exact) mass is 411 g/mol. The summed E-state index contributed by atoms with van der Waals surface area (Å²) in [5.41, 5.74) is 3.02. The third-order valence-corrected chi connectivity index (χ3v) is 5.12. The van der Waals surface area contributed by atoms with Crippen molar-refractivity contribution < 1.29 is 13.9 Å². The molecule has 31 heavy (non-hydrogen) atoms. The van der Waals surface area contributed by atoms with E-state index in [0.717, 1.165) is 22.3 Å². The van der Waals surface area contributed by atoms with Crippen molar-refractivity contribution in [2.24, 2.45) is 0 Å². The molecule has 6 nitrogen and oxygen atoms in total. The van der Waals surface area contributed by atoms with Gasteiger partial charge in [-0.15, -0.1) is 0 Å². The number of fused-ring (bicyclic) bond motifs is 2. The van der Waals surface area contributed by atoms with Gasteiger partial charge in [-0.05, 0) is 49.4 Å². The molecule has 0 aliphatic carbocycles. The first-order valence-corrected chi connectivity index (χ1v) is 10.1. The summed E-state index contributed by atoms with van der Waals surface area (Å²) in [6, 6.07) is 22.4. The molecular formula is C25H21N3O3. The Labute approximate surface area is 179 Å². The minimum Gasteiger partial charge on any atom is -0.487 e. The number of carbonyl (C=O) groups excluding carboxylic acids is 1. The number of nitrogens with one attached hydrogen (secondary N) is 1. The minimum atomic E-state index is -0.262. The molecule has 5 aromatic rings. The maximum Gasteiger partial charge on any atom is 0.251 e. The molecule has 0 aliphatic rings. The molecule has 1 atom stereocenters. The number of ether oxygens (including phenoxy) is 1. The van der Waals surface area contributed by atoms with E-state index < -0.39 is 0 Å². The Bertz CT molecular complexity index is 1300. The predicted octanol–water partition coefficient (Wildman–Crippen LogP) is 5.15. The second-order valence-electron chi connectivity index (χ2n) is 7.40. The second-order valence-corrected chi connectivity index (χ2v) is 7.40. The van der Waals surface area contributed by atoms with Crippen LogP contribution in [0.25, 0.3) is 16.6 Å². The molecule has 1 N–H and O–H groups in total. The summed E-state index contributed by atoms with van der Waals surface area (Å²) in [4.78, 5) is 17.3. The van der Waals surface area contributed by atoms with E-state index in [-0.39, 0.29) is 11.9 Å². The van der Waals surface area contributed by atoms with Crippen LogP contribution in [0.3, 0.4) is 0 Å². The zero-order chi connectivity index (χ0) is 21.2. The Morgan fingerprint density at radius 2 is 1.97 bits per heavy atom. The van der Waals surface area contributed by atoms with Gasteiger partial charge in [-0.25, -0.2) is 4.98 Å². The van der Waals surface area contributed by atoms with Crippen molar-refractivity contribution in [3.8, 4) is 5.75 Å². The Kier molecular flexibility index (Phi) is 4.88. The summed E-state index contributed by atoms with van der Waals surface area (Å²) < 4.78 is 13.7. The van der Waals surface area contributed by atoms with E-state index in [4.69, 9.17) is 9.15 Å². The fraction of sp³-hybridized carbons (Fsp3) is 0.120. The lowest BCUT2D eigenvalue weighted by Crippen LogP contribution is -2.26.